The topological polar surface area (TPSA) is 75.2 Å². The van der Waals surface area contributed by atoms with Gasteiger partial charge in [-0.2, -0.15) is 0 Å². The number of aryl methyl sites for hydroxylation is 1. The predicted molar refractivity (Wildman–Crippen MR) is 136 cm³/mol. The van der Waals surface area contributed by atoms with Gasteiger partial charge in [0.2, 0.25) is 5.91 Å². The number of carbonyl (C=O) groups excluding carboxylic acids is 1. The number of nitrogens with zero attached hydrogens (tertiary/aromatic N) is 2. The second kappa shape index (κ2) is 13.7. The molecule has 0 radical (unpaired) electrons. The molecule has 8 heteroatoms. The minimum absolute atomic E-state index is 0. The Morgan fingerprint density at radius 2 is 1.74 bits per heavy atom. The zero-order valence-corrected chi connectivity index (χ0v) is 21.2. The molecule has 0 aliphatic heterocycles. The van der Waals surface area contributed by atoms with Crippen LogP contribution in [0.2, 0.25) is 0 Å². The number of likely N-dealkylation sites (N-methyl/N-ethyl adjacent to an activating group) is 1. The van der Waals surface area contributed by atoms with E-state index in [0.29, 0.717) is 19.0 Å². The van der Waals surface area contributed by atoms with Crippen molar-refractivity contribution in [3.8, 4) is 11.5 Å². The van der Waals surface area contributed by atoms with Crippen LogP contribution < -0.4 is 20.1 Å². The summed E-state index contributed by atoms with van der Waals surface area (Å²) in [5.74, 6) is 2.25. The molecular formula is C23H33IN4O3. The normalized spacial score (nSPS) is 10.7. The summed E-state index contributed by atoms with van der Waals surface area (Å²) in [6, 6.07) is 13.9. The van der Waals surface area contributed by atoms with Crippen LogP contribution in [-0.4, -0.2) is 58.2 Å². The summed E-state index contributed by atoms with van der Waals surface area (Å²) in [6.07, 6.45) is 0.774. The number of halogens is 1. The van der Waals surface area contributed by atoms with E-state index in [1.165, 1.54) is 5.56 Å². The van der Waals surface area contributed by atoms with E-state index in [9.17, 15) is 4.79 Å². The number of aliphatic imine (C=N–C) groups is 1. The van der Waals surface area contributed by atoms with Crippen LogP contribution in [0, 0.1) is 6.92 Å². The van der Waals surface area contributed by atoms with Crippen molar-refractivity contribution in [1.82, 2.24) is 15.5 Å². The number of hydrogen-bond donors (Lipinski definition) is 2. The van der Waals surface area contributed by atoms with Gasteiger partial charge in [-0.15, -0.1) is 24.0 Å². The Kier molecular flexibility index (Phi) is 11.8. The van der Waals surface area contributed by atoms with E-state index in [4.69, 9.17) is 9.47 Å². The van der Waals surface area contributed by atoms with E-state index in [0.717, 1.165) is 29.0 Å². The van der Waals surface area contributed by atoms with Gasteiger partial charge in [-0.05, 0) is 42.7 Å². The molecule has 2 N–H and O–H groups in total. The Bertz CT molecular complexity index is 854. The minimum Gasteiger partial charge on any atom is -0.497 e. The molecule has 0 unspecified atom stereocenters. The first-order chi connectivity index (χ1) is 14.4. The monoisotopic (exact) mass is 540 g/mol. The first kappa shape index (κ1) is 26.5. The van der Waals surface area contributed by atoms with Crippen molar-refractivity contribution >= 4 is 35.8 Å². The van der Waals surface area contributed by atoms with Crippen molar-refractivity contribution < 1.29 is 14.3 Å². The number of amides is 1. The smallest absolute Gasteiger partial charge is 0.241 e. The molecule has 2 aromatic rings. The van der Waals surface area contributed by atoms with Crippen molar-refractivity contribution in [2.75, 3.05) is 41.4 Å². The molecule has 0 atom stereocenters. The van der Waals surface area contributed by atoms with Crippen LogP contribution in [0.25, 0.3) is 0 Å². The SMILES string of the molecule is COc1ccc(CN=C(NCCc2cc(C)ccc2OC)NCC(=O)N(C)C)cc1.I. The Morgan fingerprint density at radius 1 is 1.03 bits per heavy atom. The lowest BCUT2D eigenvalue weighted by molar-refractivity contribution is -0.127. The highest BCUT2D eigenvalue weighted by Gasteiger charge is 2.07. The molecular weight excluding hydrogens is 507 g/mol. The number of guanidine groups is 1. The Hall–Kier alpha value is -2.49. The largest absolute Gasteiger partial charge is 0.497 e. The number of hydrogen-bond acceptors (Lipinski definition) is 4. The fraction of sp³-hybridized carbons (Fsp3) is 0.391. The van der Waals surface area contributed by atoms with E-state index < -0.39 is 0 Å². The predicted octanol–water partition coefficient (Wildman–Crippen LogP) is 3.00. The summed E-state index contributed by atoms with van der Waals surface area (Å²) in [7, 11) is 6.78. The van der Waals surface area contributed by atoms with E-state index in [-0.39, 0.29) is 36.4 Å². The molecule has 0 aromatic heterocycles. The lowest BCUT2D eigenvalue weighted by atomic mass is 10.1. The first-order valence-corrected chi connectivity index (χ1v) is 9.91. The molecule has 0 aliphatic rings. The van der Waals surface area contributed by atoms with E-state index in [1.54, 1.807) is 33.2 Å². The number of ether oxygens (including phenoxy) is 2. The fourth-order valence-corrected chi connectivity index (χ4v) is 2.81. The van der Waals surface area contributed by atoms with Crippen LogP contribution in [0.1, 0.15) is 16.7 Å². The van der Waals surface area contributed by atoms with Gasteiger partial charge in [0, 0.05) is 20.6 Å². The van der Waals surface area contributed by atoms with E-state index in [2.05, 4.69) is 28.6 Å². The highest BCUT2D eigenvalue weighted by atomic mass is 127. The molecule has 0 spiro atoms. The maximum absolute atomic E-state index is 12.0. The van der Waals surface area contributed by atoms with Crippen LogP contribution >= 0.6 is 24.0 Å². The molecule has 2 rings (SSSR count). The molecule has 170 valence electrons. The summed E-state index contributed by atoms with van der Waals surface area (Å²) in [4.78, 5) is 18.1. The number of benzene rings is 2. The molecule has 31 heavy (non-hydrogen) atoms. The van der Waals surface area contributed by atoms with Gasteiger partial charge in [0.1, 0.15) is 11.5 Å². The third kappa shape index (κ3) is 9.04. The molecule has 0 heterocycles. The lowest BCUT2D eigenvalue weighted by Crippen LogP contribution is -2.43. The van der Waals surface area contributed by atoms with Crippen LogP contribution in [0.3, 0.4) is 0 Å². The molecule has 0 bridgehead atoms. The number of methoxy groups -OCH3 is 2. The van der Waals surface area contributed by atoms with E-state index in [1.807, 2.05) is 36.4 Å². The Labute approximate surface area is 202 Å². The first-order valence-electron chi connectivity index (χ1n) is 9.91. The van der Waals surface area contributed by atoms with E-state index >= 15 is 0 Å². The van der Waals surface area contributed by atoms with Crippen LogP contribution in [-0.2, 0) is 17.8 Å². The Morgan fingerprint density at radius 3 is 2.35 bits per heavy atom. The summed E-state index contributed by atoms with van der Waals surface area (Å²) >= 11 is 0. The summed E-state index contributed by atoms with van der Waals surface area (Å²) in [5.41, 5.74) is 3.37. The fourth-order valence-electron chi connectivity index (χ4n) is 2.81. The molecule has 0 saturated heterocycles. The standard InChI is InChI=1S/C23H32N4O3.HI/c1-17-6-11-21(30-5)19(14-17)12-13-24-23(26-16-22(28)27(2)3)25-15-18-7-9-20(29-4)10-8-18;/h6-11,14H,12-13,15-16H2,1-5H3,(H2,24,25,26);1H. The quantitative estimate of drug-likeness (QED) is 0.291. The van der Waals surface area contributed by atoms with Gasteiger partial charge in [-0.1, -0.05) is 29.8 Å². The number of carbonyl (C=O) groups is 1. The number of rotatable bonds is 9. The van der Waals surface area contributed by atoms with Gasteiger partial charge in [0.25, 0.3) is 0 Å². The second-order valence-corrected chi connectivity index (χ2v) is 7.15. The van der Waals surface area contributed by atoms with Gasteiger partial charge in [-0.25, -0.2) is 4.99 Å². The maximum atomic E-state index is 12.0. The average Bonchev–Trinajstić information content (AvgIpc) is 2.75. The van der Waals surface area contributed by atoms with Crippen molar-refractivity contribution in [3.05, 3.63) is 59.2 Å². The maximum Gasteiger partial charge on any atom is 0.241 e. The van der Waals surface area contributed by atoms with Gasteiger partial charge in [0.05, 0.1) is 27.3 Å². The molecule has 1 amide bonds. The molecule has 0 saturated carbocycles. The van der Waals surface area contributed by atoms with Crippen molar-refractivity contribution in [2.24, 2.45) is 4.99 Å². The van der Waals surface area contributed by atoms with Crippen molar-refractivity contribution in [1.29, 1.82) is 0 Å². The average molecular weight is 540 g/mol. The zero-order valence-electron chi connectivity index (χ0n) is 18.9. The summed E-state index contributed by atoms with van der Waals surface area (Å²) in [6.45, 7) is 3.38. The highest BCUT2D eigenvalue weighted by molar-refractivity contribution is 14.0. The van der Waals surface area contributed by atoms with Gasteiger partial charge < -0.3 is 25.0 Å². The van der Waals surface area contributed by atoms with Crippen LogP contribution in [0.4, 0.5) is 0 Å². The second-order valence-electron chi connectivity index (χ2n) is 7.15. The Balaban J connectivity index is 0.00000480. The lowest BCUT2D eigenvalue weighted by Gasteiger charge is -2.16. The molecule has 2 aromatic carbocycles. The van der Waals surface area contributed by atoms with Gasteiger partial charge >= 0.3 is 0 Å². The summed E-state index contributed by atoms with van der Waals surface area (Å²) < 4.78 is 10.6. The van der Waals surface area contributed by atoms with Crippen LogP contribution in [0.15, 0.2) is 47.5 Å². The number of nitrogens with one attached hydrogen (secondary N) is 2. The minimum atomic E-state index is -0.0192. The van der Waals surface area contributed by atoms with Gasteiger partial charge in [-0.3, -0.25) is 4.79 Å². The van der Waals surface area contributed by atoms with Crippen LogP contribution in [0.5, 0.6) is 11.5 Å². The summed E-state index contributed by atoms with van der Waals surface area (Å²) in [5, 5.41) is 6.43. The zero-order chi connectivity index (χ0) is 21.9. The third-order valence-electron chi connectivity index (χ3n) is 4.61. The van der Waals surface area contributed by atoms with Crippen molar-refractivity contribution in [3.63, 3.8) is 0 Å². The molecule has 7 nitrogen and oxygen atoms in total. The molecule has 0 aliphatic carbocycles. The highest BCUT2D eigenvalue weighted by Crippen LogP contribution is 2.19. The van der Waals surface area contributed by atoms with Gasteiger partial charge in [0.15, 0.2) is 5.96 Å². The van der Waals surface area contributed by atoms with Crippen molar-refractivity contribution in [2.45, 2.75) is 19.9 Å². The molecule has 0 fully saturated rings. The third-order valence-corrected chi connectivity index (χ3v) is 4.61.